The number of benzene rings is 10. The molecule has 0 aliphatic heterocycles. The maximum atomic E-state index is 12.6. The molecule has 14 aromatic rings. The minimum Gasteiger partial charge on any atom is -0.481 e. The normalized spacial score (nSPS) is 13.9. The highest BCUT2D eigenvalue weighted by Crippen LogP contribution is 2.49. The number of aliphatic carboxylic acids is 1. The number of amides is 1. The Morgan fingerprint density at radius 2 is 0.853 bits per heavy atom. The number of methoxy groups -OCH3 is 1. The molecule has 4 saturated carbocycles. The third kappa shape index (κ3) is 19.1. The molecule has 10 aromatic carbocycles. The average Bonchev–Trinajstić information content (AvgIpc) is 1.54. The lowest BCUT2D eigenvalue weighted by Crippen LogP contribution is -2.16. The second-order valence-electron chi connectivity index (χ2n) is 27.3. The molecular formula is C79H72Br2Cl2N18O9S6. The van der Waals surface area contributed by atoms with Gasteiger partial charge >= 0.3 is 11.9 Å². The van der Waals surface area contributed by atoms with Gasteiger partial charge in [0, 0.05) is 21.5 Å². The summed E-state index contributed by atoms with van der Waals surface area (Å²) in [5.74, 6) is 1.96. The highest BCUT2D eigenvalue weighted by molar-refractivity contribution is 9.10. The lowest BCUT2D eigenvalue weighted by atomic mass is 9.99. The van der Waals surface area contributed by atoms with Gasteiger partial charge in [0.1, 0.15) is 0 Å². The molecule has 4 aromatic heterocycles. The predicted octanol–water partition coefficient (Wildman–Crippen LogP) is 16.6. The molecule has 596 valence electrons. The molecule has 0 spiro atoms. The van der Waals surface area contributed by atoms with Gasteiger partial charge in [-0.15, -0.1) is 35.7 Å². The zero-order chi connectivity index (χ0) is 81.9. The monoisotopic (exact) mass is 1840 g/mol. The van der Waals surface area contributed by atoms with Crippen LogP contribution in [-0.2, 0) is 39.2 Å². The molecule has 13 N–H and O–H groups in total. The second kappa shape index (κ2) is 35.6. The molecule has 116 heavy (non-hydrogen) atoms. The summed E-state index contributed by atoms with van der Waals surface area (Å²) in [4.78, 5) is 34.8. The van der Waals surface area contributed by atoms with Crippen LogP contribution in [0.1, 0.15) is 97.3 Å². The molecule has 18 rings (SSSR count). The van der Waals surface area contributed by atoms with E-state index in [4.69, 9.17) is 72.7 Å². The number of carboxylic acid groups (broad SMARTS) is 1. The number of anilines is 4. The van der Waals surface area contributed by atoms with Crippen LogP contribution in [0.2, 0.25) is 10.0 Å². The van der Waals surface area contributed by atoms with Gasteiger partial charge in [0.25, 0.3) is 0 Å². The summed E-state index contributed by atoms with van der Waals surface area (Å²) in [6, 6.07) is 58.1. The number of carbonyl (C=O) groups excluding carboxylic acids is 2. The molecule has 0 saturated heterocycles. The minimum atomic E-state index is -3.89. The Morgan fingerprint density at radius 3 is 1.22 bits per heavy atom. The number of nitrogen functional groups attached to an aromatic ring is 3. The summed E-state index contributed by atoms with van der Waals surface area (Å²) >= 11 is 27.6. The number of fused-ring (bicyclic) bond motifs is 4. The van der Waals surface area contributed by atoms with Crippen molar-refractivity contribution in [2.24, 2.45) is 10.3 Å². The van der Waals surface area contributed by atoms with E-state index in [2.05, 4.69) is 193 Å². The van der Waals surface area contributed by atoms with Gasteiger partial charge in [-0.1, -0.05) is 180 Å². The fraction of sp³-hybridized carbons (Fsp3) is 0.203. The van der Waals surface area contributed by atoms with Crippen molar-refractivity contribution in [3.63, 3.8) is 0 Å². The summed E-state index contributed by atoms with van der Waals surface area (Å²) in [5, 5.41) is 64.4. The molecule has 0 radical (unpaired) electrons. The number of rotatable bonds is 20. The molecule has 4 fully saturated rings. The zero-order valence-corrected chi connectivity index (χ0v) is 71.0. The van der Waals surface area contributed by atoms with Crippen LogP contribution in [0.3, 0.4) is 0 Å². The van der Waals surface area contributed by atoms with Crippen molar-refractivity contribution >= 4 is 207 Å². The summed E-state index contributed by atoms with van der Waals surface area (Å²) in [7, 11) is -6.20. The SMILES string of the molecule is COC(=O)CSc1nnc(N)n1-c1ccc(C2CC2)c2ccccc12.NS(=O)(=O)c1ccc(NC(=O)CSc2nnc(Br)n2-c2ccc(C3CC3)c3ccccc23)c(Cl)c1.Nc1ccc(S(N)(=O)=O)cc1Cl.Nc1n[nH]c(=S)n1-c1ccc(C2CC2)c2ccccc12.O=C(O)CSc1nnc(Br)n1-c1ccc(C2CC2)c2ccccc12. The van der Waals surface area contributed by atoms with Gasteiger partial charge in [0.05, 0.1) is 78.3 Å². The van der Waals surface area contributed by atoms with E-state index in [-0.39, 0.29) is 54.7 Å². The van der Waals surface area contributed by atoms with Crippen molar-refractivity contribution < 1.29 is 41.1 Å². The lowest BCUT2D eigenvalue weighted by Gasteiger charge is -2.14. The van der Waals surface area contributed by atoms with Crippen molar-refractivity contribution in [3.05, 3.63) is 229 Å². The fourth-order valence-electron chi connectivity index (χ4n) is 13.3. The molecular weight excluding hydrogens is 1770 g/mol. The van der Waals surface area contributed by atoms with Crippen LogP contribution < -0.4 is 32.8 Å². The number of nitrogens with one attached hydrogen (secondary N) is 2. The number of sulfonamides is 2. The molecule has 1 amide bonds. The number of primary sulfonamides is 2. The van der Waals surface area contributed by atoms with Crippen LogP contribution in [0.25, 0.3) is 65.8 Å². The number of carboxylic acids is 1. The van der Waals surface area contributed by atoms with Crippen LogP contribution in [0.4, 0.5) is 23.3 Å². The first-order valence-electron chi connectivity index (χ1n) is 36.0. The summed E-state index contributed by atoms with van der Waals surface area (Å²) in [6.45, 7) is 0. The van der Waals surface area contributed by atoms with Crippen LogP contribution >= 0.6 is 103 Å². The number of halogens is 4. The van der Waals surface area contributed by atoms with Gasteiger partial charge in [-0.25, -0.2) is 32.2 Å². The van der Waals surface area contributed by atoms with Gasteiger partial charge in [-0.2, -0.15) is 0 Å². The quantitative estimate of drug-likeness (QED) is 0.0152. The first-order valence-corrected chi connectivity index (χ1v) is 44.8. The van der Waals surface area contributed by atoms with E-state index < -0.39 is 26.0 Å². The second-order valence-corrected chi connectivity index (χ2v) is 35.9. The van der Waals surface area contributed by atoms with Gasteiger partial charge in [0.15, 0.2) is 15.5 Å². The number of H-pyrrole nitrogens is 1. The van der Waals surface area contributed by atoms with Crippen molar-refractivity contribution in [2.75, 3.05) is 46.9 Å². The maximum absolute atomic E-state index is 12.6. The molecule has 37 heteroatoms. The number of nitrogens with two attached hydrogens (primary N) is 5. The Balaban J connectivity index is 0.000000124. The van der Waals surface area contributed by atoms with Gasteiger partial charge in [-0.05, 0) is 224 Å². The van der Waals surface area contributed by atoms with Crippen LogP contribution in [0, 0.1) is 4.77 Å². The molecule has 4 aliphatic rings. The highest BCUT2D eigenvalue weighted by Gasteiger charge is 2.31. The predicted molar refractivity (Wildman–Crippen MR) is 465 cm³/mol. The van der Waals surface area contributed by atoms with E-state index in [1.807, 2.05) is 39.5 Å². The number of aromatic nitrogens is 12. The Kier molecular flexibility index (Phi) is 25.4. The Labute approximate surface area is 709 Å². The summed E-state index contributed by atoms with van der Waals surface area (Å²) in [5.41, 5.74) is 27.3. The van der Waals surface area contributed by atoms with E-state index >= 15 is 0 Å². The van der Waals surface area contributed by atoms with Crippen molar-refractivity contribution in [1.29, 1.82) is 0 Å². The number of ether oxygens (including phenoxy) is 1. The highest BCUT2D eigenvalue weighted by atomic mass is 79.9. The van der Waals surface area contributed by atoms with E-state index in [0.29, 0.717) is 71.0 Å². The number of carbonyl (C=O) groups is 3. The number of nitrogens with zero attached hydrogens (tertiary/aromatic N) is 11. The standard InChI is InChI=1S/C23H19BrClN5O3S2.C18H18N4O2S.C17H14BrN3O2S.C15H14N4S.C6H7ClN2O2S/c24-22-28-29-23(34-12-21(31)27-19-9-7-14(11-18(19)25)35(26,32)33)30(22)20-10-8-15(13-5-6-13)16-3-1-2-4-17(16)20;1-24-16(23)10-25-18-21-20-17(19)22(18)15-9-8-12(11-6-7-11)13-4-2-3-5-14(13)15;18-16-19-20-17(24-9-15(22)23)21(16)14-8-7-11(10-5-6-10)12-3-1-2-4-13(12)14;16-14-17-18-15(20)19(14)13-8-7-10(9-5-6-9)11-3-1-2-4-12(11)13;7-5-3-4(12(9,10)11)1-2-6(5)8/h1-4,7-11,13H,5-6,12H2,(H,27,31)(H2,26,32,33);2-5,8-9,11H,6-7,10H2,1H3,(H2,19,20);1-4,7-8,10H,5-6,9H2,(H,22,23);1-4,7-9H,5-6H2,(H2,16,17)(H,18,20);1-3H,8H2,(H2,9,10,11). The van der Waals surface area contributed by atoms with Gasteiger partial charge in [-0.3, -0.25) is 32.7 Å². The molecule has 27 nitrogen and oxygen atoms in total. The van der Waals surface area contributed by atoms with Crippen LogP contribution in [0.15, 0.2) is 217 Å². The van der Waals surface area contributed by atoms with Crippen molar-refractivity contribution in [1.82, 2.24) is 59.1 Å². The Morgan fingerprint density at radius 1 is 0.491 bits per heavy atom. The number of esters is 1. The number of thioether (sulfide) groups is 3. The lowest BCUT2D eigenvalue weighted by molar-refractivity contribution is -0.137. The molecule has 0 bridgehead atoms. The maximum Gasteiger partial charge on any atom is 0.316 e. The van der Waals surface area contributed by atoms with Gasteiger partial charge in [0.2, 0.25) is 52.1 Å². The average molecular weight is 1840 g/mol. The summed E-state index contributed by atoms with van der Waals surface area (Å²) < 4.78 is 58.1. The van der Waals surface area contributed by atoms with Crippen LogP contribution in [-0.4, -0.2) is 123 Å². The first-order chi connectivity index (χ1) is 55.7. The minimum absolute atomic E-state index is 0.0382. The van der Waals surface area contributed by atoms with E-state index in [0.717, 1.165) is 50.7 Å². The number of hydrogen-bond acceptors (Lipinski definition) is 22. The van der Waals surface area contributed by atoms with Crippen molar-refractivity contribution in [2.45, 2.75) is 100 Å². The van der Waals surface area contributed by atoms with Gasteiger partial charge < -0.3 is 32.4 Å². The topological polar surface area (TPSA) is 417 Å². The Bertz CT molecular complexity index is 6450. The largest absolute Gasteiger partial charge is 0.481 e. The third-order valence-corrected chi connectivity index (χ3v) is 25.9. The molecule has 4 aliphatic carbocycles. The first kappa shape index (κ1) is 82.8. The molecule has 4 heterocycles. The number of aromatic amines is 1. The molecule has 0 unspecified atom stereocenters. The van der Waals surface area contributed by atoms with Crippen LogP contribution in [0.5, 0.6) is 0 Å². The summed E-state index contributed by atoms with van der Waals surface area (Å²) in [6.07, 6.45) is 10.00. The third-order valence-electron chi connectivity index (χ3n) is 19.4. The van der Waals surface area contributed by atoms with E-state index in [9.17, 15) is 31.2 Å². The van der Waals surface area contributed by atoms with E-state index in [1.165, 1.54) is 168 Å². The number of hydrogen-bond donors (Lipinski definition) is 8. The van der Waals surface area contributed by atoms with Crippen molar-refractivity contribution in [3.8, 4) is 22.7 Å². The van der Waals surface area contributed by atoms with E-state index in [1.54, 1.807) is 9.13 Å². The smallest absolute Gasteiger partial charge is 0.316 e. The fourth-order valence-corrected chi connectivity index (χ4v) is 18.5. The molecule has 0 atom stereocenters. The zero-order valence-electron chi connectivity index (χ0n) is 61.4. The Hall–Kier alpha value is -9.76.